The first-order valence-electron chi connectivity index (χ1n) is 6.16. The van der Waals surface area contributed by atoms with E-state index in [0.29, 0.717) is 0 Å². The number of benzene rings is 2. The maximum Gasteiger partial charge on any atom is 0.0317 e. The molecule has 0 spiro atoms. The summed E-state index contributed by atoms with van der Waals surface area (Å²) in [6, 6.07) is 15.0. The van der Waals surface area contributed by atoms with Crippen LogP contribution in [0, 0.1) is 0 Å². The van der Waals surface area contributed by atoms with Crippen LogP contribution in [0.2, 0.25) is 0 Å². The van der Waals surface area contributed by atoms with E-state index in [9.17, 15) is 0 Å². The summed E-state index contributed by atoms with van der Waals surface area (Å²) in [5.74, 6) is 0. The van der Waals surface area contributed by atoms with E-state index in [-0.39, 0.29) is 5.41 Å². The van der Waals surface area contributed by atoms with Gasteiger partial charge < -0.3 is 5.73 Å². The van der Waals surface area contributed by atoms with Gasteiger partial charge in [0.05, 0.1) is 0 Å². The van der Waals surface area contributed by atoms with Gasteiger partial charge >= 0.3 is 0 Å². The molecule has 1 unspecified atom stereocenters. The fourth-order valence-electron chi connectivity index (χ4n) is 2.98. The van der Waals surface area contributed by atoms with E-state index in [2.05, 4.69) is 50.2 Å². The molecule has 1 atom stereocenters. The van der Waals surface area contributed by atoms with Crippen LogP contribution in [0.15, 0.2) is 42.5 Å². The van der Waals surface area contributed by atoms with Crippen LogP contribution in [-0.4, -0.2) is 0 Å². The fourth-order valence-corrected chi connectivity index (χ4v) is 2.98. The molecule has 2 N–H and O–H groups in total. The third-order valence-electron chi connectivity index (χ3n) is 4.16. The maximum absolute atomic E-state index is 5.94. The number of nitrogen functional groups attached to an aromatic ring is 1. The Kier molecular flexibility index (Phi) is 2.06. The van der Waals surface area contributed by atoms with E-state index in [0.717, 1.165) is 12.1 Å². The Morgan fingerprint density at radius 1 is 1.00 bits per heavy atom. The summed E-state index contributed by atoms with van der Waals surface area (Å²) in [6.07, 6.45) is 1.10. The van der Waals surface area contributed by atoms with Gasteiger partial charge in [-0.05, 0) is 40.8 Å². The van der Waals surface area contributed by atoms with Crippen molar-refractivity contribution in [2.24, 2.45) is 0 Å². The van der Waals surface area contributed by atoms with Crippen molar-refractivity contribution in [2.75, 3.05) is 5.73 Å². The molecule has 0 aliphatic heterocycles. The number of rotatable bonds is 1. The molecule has 1 heteroatoms. The molecule has 0 aromatic heterocycles. The minimum absolute atomic E-state index is 0.112. The number of hydrogen-bond acceptors (Lipinski definition) is 1. The van der Waals surface area contributed by atoms with E-state index in [1.54, 1.807) is 0 Å². The lowest BCUT2D eigenvalue weighted by Crippen LogP contribution is -2.19. The van der Waals surface area contributed by atoms with Gasteiger partial charge in [-0.3, -0.25) is 0 Å². The normalized spacial score (nSPS) is 21.1. The van der Waals surface area contributed by atoms with Crippen molar-refractivity contribution < 1.29 is 0 Å². The highest BCUT2D eigenvalue weighted by atomic mass is 14.6. The molecule has 0 heterocycles. The SMILES string of the molecule is CCC1(C)c2ccccc2-c2ccc(N)cc21. The highest BCUT2D eigenvalue weighted by Gasteiger charge is 2.37. The van der Waals surface area contributed by atoms with Crippen molar-refractivity contribution in [1.29, 1.82) is 0 Å². The Balaban J connectivity index is 2.38. The Hall–Kier alpha value is -1.76. The second-order valence-electron chi connectivity index (χ2n) is 5.04. The van der Waals surface area contributed by atoms with Crippen molar-refractivity contribution >= 4 is 5.69 Å². The van der Waals surface area contributed by atoms with E-state index in [1.165, 1.54) is 22.3 Å². The molecule has 1 nitrogen and oxygen atoms in total. The van der Waals surface area contributed by atoms with Gasteiger partial charge in [0, 0.05) is 11.1 Å². The lowest BCUT2D eigenvalue weighted by molar-refractivity contribution is 0.565. The molecule has 2 aromatic rings. The second kappa shape index (κ2) is 3.36. The highest BCUT2D eigenvalue weighted by molar-refractivity contribution is 5.82. The molecule has 0 saturated carbocycles. The summed E-state index contributed by atoms with van der Waals surface area (Å²) in [5, 5.41) is 0. The smallest absolute Gasteiger partial charge is 0.0317 e. The Morgan fingerprint density at radius 3 is 2.47 bits per heavy atom. The zero-order valence-corrected chi connectivity index (χ0v) is 10.3. The third-order valence-corrected chi connectivity index (χ3v) is 4.16. The van der Waals surface area contributed by atoms with Gasteiger partial charge in [-0.25, -0.2) is 0 Å². The van der Waals surface area contributed by atoms with E-state index in [1.807, 2.05) is 6.07 Å². The third kappa shape index (κ3) is 1.25. The molecule has 2 aromatic carbocycles. The minimum Gasteiger partial charge on any atom is -0.399 e. The molecule has 17 heavy (non-hydrogen) atoms. The van der Waals surface area contributed by atoms with Crippen LogP contribution in [0.5, 0.6) is 0 Å². The summed E-state index contributed by atoms with van der Waals surface area (Å²) in [4.78, 5) is 0. The largest absolute Gasteiger partial charge is 0.399 e. The van der Waals surface area contributed by atoms with Gasteiger partial charge in [0.15, 0.2) is 0 Å². The number of hydrogen-bond donors (Lipinski definition) is 1. The average Bonchev–Trinajstić information content (AvgIpc) is 2.61. The fraction of sp³-hybridized carbons (Fsp3) is 0.250. The zero-order valence-electron chi connectivity index (χ0n) is 10.3. The lowest BCUT2D eigenvalue weighted by Gasteiger charge is -2.25. The van der Waals surface area contributed by atoms with Gasteiger partial charge in [0.1, 0.15) is 0 Å². The van der Waals surface area contributed by atoms with Crippen LogP contribution in [0.1, 0.15) is 31.4 Å². The van der Waals surface area contributed by atoms with Crippen molar-refractivity contribution in [3.05, 3.63) is 53.6 Å². The minimum atomic E-state index is 0.112. The molecule has 1 aliphatic rings. The number of fused-ring (bicyclic) bond motifs is 3. The standard InChI is InChI=1S/C16H17N/c1-3-16(2)14-7-5-4-6-12(14)13-9-8-11(17)10-15(13)16/h4-10H,3,17H2,1-2H3. The summed E-state index contributed by atoms with van der Waals surface area (Å²) >= 11 is 0. The Morgan fingerprint density at radius 2 is 1.71 bits per heavy atom. The first-order chi connectivity index (χ1) is 8.16. The van der Waals surface area contributed by atoms with Crippen LogP contribution < -0.4 is 5.73 Å². The molecule has 0 bridgehead atoms. The van der Waals surface area contributed by atoms with E-state index in [4.69, 9.17) is 5.73 Å². The Labute approximate surface area is 102 Å². The molecule has 0 fully saturated rings. The first-order valence-corrected chi connectivity index (χ1v) is 6.16. The molecule has 0 amide bonds. The molecule has 1 aliphatic carbocycles. The van der Waals surface area contributed by atoms with Crippen molar-refractivity contribution in [3.8, 4) is 11.1 Å². The molecular formula is C16H17N. The highest BCUT2D eigenvalue weighted by Crippen LogP contribution is 2.50. The topological polar surface area (TPSA) is 26.0 Å². The van der Waals surface area contributed by atoms with Crippen molar-refractivity contribution in [3.63, 3.8) is 0 Å². The molecular weight excluding hydrogens is 206 g/mol. The van der Waals surface area contributed by atoms with Gasteiger partial charge in [0.25, 0.3) is 0 Å². The summed E-state index contributed by atoms with van der Waals surface area (Å²) in [5.41, 5.74) is 12.4. The van der Waals surface area contributed by atoms with Crippen LogP contribution in [0.4, 0.5) is 5.69 Å². The van der Waals surface area contributed by atoms with Crippen LogP contribution >= 0.6 is 0 Å². The number of anilines is 1. The van der Waals surface area contributed by atoms with Crippen LogP contribution in [0.3, 0.4) is 0 Å². The summed E-state index contributed by atoms with van der Waals surface area (Å²) in [6.45, 7) is 4.56. The van der Waals surface area contributed by atoms with Gasteiger partial charge in [0.2, 0.25) is 0 Å². The quantitative estimate of drug-likeness (QED) is 0.727. The van der Waals surface area contributed by atoms with Crippen LogP contribution in [-0.2, 0) is 5.41 Å². The zero-order chi connectivity index (χ0) is 12.0. The summed E-state index contributed by atoms with van der Waals surface area (Å²) in [7, 11) is 0. The Bertz CT molecular complexity index is 586. The van der Waals surface area contributed by atoms with Crippen molar-refractivity contribution in [2.45, 2.75) is 25.7 Å². The molecule has 86 valence electrons. The number of nitrogens with two attached hydrogens (primary N) is 1. The average molecular weight is 223 g/mol. The van der Waals surface area contributed by atoms with Crippen molar-refractivity contribution in [1.82, 2.24) is 0 Å². The lowest BCUT2D eigenvalue weighted by atomic mass is 9.78. The molecule has 0 radical (unpaired) electrons. The maximum atomic E-state index is 5.94. The summed E-state index contributed by atoms with van der Waals surface area (Å²) < 4.78 is 0. The molecule has 0 saturated heterocycles. The predicted molar refractivity (Wildman–Crippen MR) is 73.0 cm³/mol. The van der Waals surface area contributed by atoms with Gasteiger partial charge in [-0.15, -0.1) is 0 Å². The second-order valence-corrected chi connectivity index (χ2v) is 5.04. The first kappa shape index (κ1) is 10.4. The van der Waals surface area contributed by atoms with E-state index >= 15 is 0 Å². The van der Waals surface area contributed by atoms with Gasteiger partial charge in [-0.2, -0.15) is 0 Å². The predicted octanol–water partition coefficient (Wildman–Crippen LogP) is 3.97. The molecule has 3 rings (SSSR count). The van der Waals surface area contributed by atoms with E-state index < -0.39 is 0 Å². The van der Waals surface area contributed by atoms with Crippen LogP contribution in [0.25, 0.3) is 11.1 Å². The van der Waals surface area contributed by atoms with Gasteiger partial charge in [-0.1, -0.05) is 44.2 Å². The monoisotopic (exact) mass is 223 g/mol.